The number of hydrogen-bond acceptors (Lipinski definition) is 7. The van der Waals surface area contributed by atoms with Crippen LogP contribution in [0.1, 0.15) is 42.1 Å². The summed E-state index contributed by atoms with van der Waals surface area (Å²) in [5.41, 5.74) is 1.73. The fourth-order valence-electron chi connectivity index (χ4n) is 3.35. The number of hydrogen-bond donors (Lipinski definition) is 0. The van der Waals surface area contributed by atoms with Gasteiger partial charge in [-0.25, -0.2) is 0 Å². The first-order valence-electron chi connectivity index (χ1n) is 9.13. The van der Waals surface area contributed by atoms with Crippen molar-refractivity contribution in [2.75, 3.05) is 32.1 Å². The van der Waals surface area contributed by atoms with Crippen LogP contribution in [0.25, 0.3) is 0 Å². The van der Waals surface area contributed by atoms with Crippen molar-refractivity contribution in [3.05, 3.63) is 22.8 Å². The summed E-state index contributed by atoms with van der Waals surface area (Å²) in [7, 11) is 3.76. The number of anilines is 1. The number of rotatable bonds is 6. The van der Waals surface area contributed by atoms with E-state index in [9.17, 15) is 4.79 Å². The highest BCUT2D eigenvalue weighted by atomic mass is 16.5. The fourth-order valence-corrected chi connectivity index (χ4v) is 3.35. The van der Waals surface area contributed by atoms with Crippen LogP contribution in [0.15, 0.2) is 9.05 Å². The van der Waals surface area contributed by atoms with Crippen LogP contribution in [0.2, 0.25) is 0 Å². The summed E-state index contributed by atoms with van der Waals surface area (Å²) in [5.74, 6) is 2.25. The van der Waals surface area contributed by atoms with E-state index in [1.165, 1.54) is 0 Å². The summed E-state index contributed by atoms with van der Waals surface area (Å²) < 4.78 is 10.3. The van der Waals surface area contributed by atoms with Crippen LogP contribution in [0.5, 0.6) is 0 Å². The summed E-state index contributed by atoms with van der Waals surface area (Å²) in [5, 5.41) is 7.94. The number of carbonyl (C=O) groups is 1. The second kappa shape index (κ2) is 7.88. The van der Waals surface area contributed by atoms with Crippen molar-refractivity contribution in [2.24, 2.45) is 5.92 Å². The molecule has 142 valence electrons. The molecule has 0 radical (unpaired) electrons. The van der Waals surface area contributed by atoms with E-state index in [4.69, 9.17) is 9.05 Å². The molecule has 1 amide bonds. The first kappa shape index (κ1) is 18.4. The van der Waals surface area contributed by atoms with Crippen molar-refractivity contribution in [1.29, 1.82) is 0 Å². The van der Waals surface area contributed by atoms with Gasteiger partial charge in [0.05, 0.1) is 12.1 Å². The summed E-state index contributed by atoms with van der Waals surface area (Å²) in [4.78, 5) is 20.7. The molecular formula is C18H27N5O3. The second-order valence-electron chi connectivity index (χ2n) is 7.23. The highest BCUT2D eigenvalue weighted by molar-refractivity contribution is 5.79. The van der Waals surface area contributed by atoms with Gasteiger partial charge in [0.25, 0.3) is 0 Å². The molecule has 2 aromatic heterocycles. The molecule has 26 heavy (non-hydrogen) atoms. The summed E-state index contributed by atoms with van der Waals surface area (Å²) in [6.07, 6.45) is 4.26. The molecule has 0 atom stereocenters. The summed E-state index contributed by atoms with van der Waals surface area (Å²) >= 11 is 0. The molecule has 1 aliphatic rings. The molecule has 0 aromatic carbocycles. The van der Waals surface area contributed by atoms with Crippen LogP contribution in [-0.4, -0.2) is 53.3 Å². The van der Waals surface area contributed by atoms with Gasteiger partial charge in [0.1, 0.15) is 5.76 Å². The Morgan fingerprint density at radius 3 is 2.50 bits per heavy atom. The van der Waals surface area contributed by atoms with Gasteiger partial charge in [0.2, 0.25) is 5.91 Å². The zero-order valence-electron chi connectivity index (χ0n) is 16.0. The van der Waals surface area contributed by atoms with Crippen LogP contribution in [0.3, 0.4) is 0 Å². The van der Waals surface area contributed by atoms with Crippen molar-refractivity contribution in [1.82, 2.24) is 20.2 Å². The van der Waals surface area contributed by atoms with E-state index in [1.54, 1.807) is 4.90 Å². The molecule has 1 aliphatic heterocycles. The van der Waals surface area contributed by atoms with Gasteiger partial charge in [-0.05, 0) is 39.0 Å². The minimum absolute atomic E-state index is 0.159. The third-order valence-corrected chi connectivity index (χ3v) is 5.09. The first-order chi connectivity index (χ1) is 12.4. The summed E-state index contributed by atoms with van der Waals surface area (Å²) in [6.45, 7) is 5.35. The lowest BCUT2D eigenvalue weighted by Crippen LogP contribution is -2.39. The monoisotopic (exact) mass is 361 g/mol. The molecular weight excluding hydrogens is 334 g/mol. The van der Waals surface area contributed by atoms with E-state index in [0.29, 0.717) is 18.4 Å². The van der Waals surface area contributed by atoms with Crippen LogP contribution in [-0.2, 0) is 17.6 Å². The van der Waals surface area contributed by atoms with Crippen molar-refractivity contribution >= 4 is 11.9 Å². The van der Waals surface area contributed by atoms with Crippen molar-refractivity contribution in [3.63, 3.8) is 0 Å². The quantitative estimate of drug-likeness (QED) is 0.779. The van der Waals surface area contributed by atoms with Crippen LogP contribution in [0.4, 0.5) is 6.01 Å². The lowest BCUT2D eigenvalue weighted by molar-refractivity contribution is -0.131. The van der Waals surface area contributed by atoms with Crippen LogP contribution < -0.4 is 4.90 Å². The standard InChI is InChI=1S/C18H27N5O3/c1-12-15(13(2)25-20-12)11-17(24)23-9-7-14(8-10-23)5-6-16-19-18(22(3)4)26-21-16/h14H,5-11H2,1-4H3. The third kappa shape index (κ3) is 4.23. The Labute approximate surface area is 153 Å². The number of nitrogens with zero attached hydrogens (tertiary/aromatic N) is 5. The number of piperidine rings is 1. The lowest BCUT2D eigenvalue weighted by atomic mass is 9.92. The first-order valence-corrected chi connectivity index (χ1v) is 9.13. The molecule has 8 nitrogen and oxygen atoms in total. The SMILES string of the molecule is Cc1noc(C)c1CC(=O)N1CCC(CCc2noc(N(C)C)n2)CC1. The smallest absolute Gasteiger partial charge is 0.323 e. The largest absolute Gasteiger partial charge is 0.361 e. The van der Waals surface area contributed by atoms with Gasteiger partial charge in [-0.2, -0.15) is 4.98 Å². The highest BCUT2D eigenvalue weighted by Gasteiger charge is 2.24. The van der Waals surface area contributed by atoms with Crippen LogP contribution in [0, 0.1) is 19.8 Å². The maximum atomic E-state index is 12.5. The molecule has 0 unspecified atom stereocenters. The van der Waals surface area contributed by atoms with Gasteiger partial charge in [0.15, 0.2) is 5.82 Å². The minimum Gasteiger partial charge on any atom is -0.361 e. The fraction of sp³-hybridized carbons (Fsp3) is 0.667. The van der Waals surface area contributed by atoms with E-state index in [2.05, 4.69) is 15.3 Å². The molecule has 2 aromatic rings. The molecule has 3 rings (SSSR count). The van der Waals surface area contributed by atoms with E-state index in [1.807, 2.05) is 32.8 Å². The number of aryl methyl sites for hydroxylation is 3. The van der Waals surface area contributed by atoms with Crippen LogP contribution >= 0.6 is 0 Å². The average Bonchev–Trinajstić information content (AvgIpc) is 3.22. The van der Waals surface area contributed by atoms with E-state index < -0.39 is 0 Å². The number of likely N-dealkylation sites (tertiary alicyclic amines) is 1. The second-order valence-corrected chi connectivity index (χ2v) is 7.23. The van der Waals surface area contributed by atoms with E-state index in [0.717, 1.165) is 61.6 Å². The predicted molar refractivity (Wildman–Crippen MR) is 95.9 cm³/mol. The minimum atomic E-state index is 0.159. The van der Waals surface area contributed by atoms with Crippen molar-refractivity contribution < 1.29 is 13.8 Å². The molecule has 3 heterocycles. The van der Waals surface area contributed by atoms with Crippen molar-refractivity contribution in [2.45, 2.75) is 46.0 Å². The van der Waals surface area contributed by atoms with Gasteiger partial charge in [-0.1, -0.05) is 10.3 Å². The maximum Gasteiger partial charge on any atom is 0.323 e. The zero-order chi connectivity index (χ0) is 18.7. The summed E-state index contributed by atoms with van der Waals surface area (Å²) in [6, 6.07) is 0.541. The topological polar surface area (TPSA) is 88.5 Å². The van der Waals surface area contributed by atoms with Gasteiger partial charge in [-0.15, -0.1) is 0 Å². The lowest BCUT2D eigenvalue weighted by Gasteiger charge is -2.32. The predicted octanol–water partition coefficient (Wildman–Crippen LogP) is 2.15. The van der Waals surface area contributed by atoms with Crippen molar-refractivity contribution in [3.8, 4) is 0 Å². The number of aromatic nitrogens is 3. The van der Waals surface area contributed by atoms with E-state index >= 15 is 0 Å². The van der Waals surface area contributed by atoms with Gasteiger partial charge in [0, 0.05) is 39.2 Å². The van der Waals surface area contributed by atoms with Gasteiger partial charge < -0.3 is 18.8 Å². The van der Waals surface area contributed by atoms with Gasteiger partial charge >= 0.3 is 6.01 Å². The molecule has 0 aliphatic carbocycles. The Kier molecular flexibility index (Phi) is 5.58. The molecule has 8 heteroatoms. The Hall–Kier alpha value is -2.38. The maximum absolute atomic E-state index is 12.5. The Bertz CT molecular complexity index is 724. The zero-order valence-corrected chi connectivity index (χ0v) is 16.0. The molecule has 0 spiro atoms. The Morgan fingerprint density at radius 2 is 1.92 bits per heavy atom. The molecule has 0 saturated carbocycles. The Morgan fingerprint density at radius 1 is 1.19 bits per heavy atom. The molecule has 1 fully saturated rings. The molecule has 0 bridgehead atoms. The molecule has 0 N–H and O–H groups in total. The normalized spacial score (nSPS) is 15.5. The molecule has 1 saturated heterocycles. The average molecular weight is 361 g/mol. The number of carbonyl (C=O) groups excluding carboxylic acids is 1. The van der Waals surface area contributed by atoms with E-state index in [-0.39, 0.29) is 5.91 Å². The Balaban J connectivity index is 1.44. The third-order valence-electron chi connectivity index (χ3n) is 5.09. The van der Waals surface area contributed by atoms with Gasteiger partial charge in [-0.3, -0.25) is 4.79 Å². The number of amides is 1. The highest BCUT2D eigenvalue weighted by Crippen LogP contribution is 2.23.